The summed E-state index contributed by atoms with van der Waals surface area (Å²) in [6, 6.07) is 0.665. The van der Waals surface area contributed by atoms with Crippen LogP contribution in [0, 0.1) is 0 Å². The number of hydrogen-bond acceptors (Lipinski definition) is 2. The minimum Gasteiger partial charge on any atom is -0.329 e. The molecule has 1 aliphatic heterocycles. The molecule has 1 rings (SSSR count). The lowest BCUT2D eigenvalue weighted by molar-refractivity contribution is 0.365. The molecular weight excluding hydrogens is 112 g/mol. The summed E-state index contributed by atoms with van der Waals surface area (Å²) in [4.78, 5) is 2.41. The van der Waals surface area contributed by atoms with Gasteiger partial charge in [0.1, 0.15) is 0 Å². The molecule has 1 saturated heterocycles. The zero-order valence-electron chi connectivity index (χ0n) is 6.52. The van der Waals surface area contributed by atoms with Crippen LogP contribution in [0.3, 0.4) is 0 Å². The summed E-state index contributed by atoms with van der Waals surface area (Å²) in [5, 5.41) is 0. The monoisotopic (exact) mass is 128 g/mol. The van der Waals surface area contributed by atoms with Crippen molar-refractivity contribution in [2.75, 3.05) is 13.1 Å². The van der Waals surface area contributed by atoms with Crippen LogP contribution in [0.4, 0.5) is 0 Å². The normalized spacial score (nSPS) is 41.7. The van der Waals surface area contributed by atoms with E-state index < -0.39 is 0 Å². The van der Waals surface area contributed by atoms with Gasteiger partial charge in [0.25, 0.3) is 0 Å². The van der Waals surface area contributed by atoms with E-state index in [-0.39, 0.29) is 0 Å². The van der Waals surface area contributed by atoms with E-state index in [1.54, 1.807) is 0 Å². The third-order valence-corrected chi connectivity index (χ3v) is 2.16. The second-order valence-corrected chi connectivity index (χ2v) is 3.42. The maximum atomic E-state index is 5.55. The highest BCUT2D eigenvalue weighted by atomic mass is 15.4. The van der Waals surface area contributed by atoms with Crippen LogP contribution in [0.15, 0.2) is 0 Å². The van der Waals surface area contributed by atoms with Crippen molar-refractivity contribution in [1.29, 1.82) is 0 Å². The Morgan fingerprint density at radius 2 is 2.22 bits per heavy atom. The van der Waals surface area contributed by atoms with Crippen molar-refractivity contribution in [2.24, 2.45) is 5.73 Å². The molecule has 2 heteroatoms. The first-order valence-corrected chi connectivity index (χ1v) is 3.57. The van der Waals surface area contributed by atoms with E-state index in [0.717, 1.165) is 6.54 Å². The van der Waals surface area contributed by atoms with Crippen molar-refractivity contribution < 1.29 is 0 Å². The zero-order valence-corrected chi connectivity index (χ0v) is 6.52. The Balaban J connectivity index is 2.38. The Bertz CT molecular complexity index is 111. The van der Waals surface area contributed by atoms with E-state index in [2.05, 4.69) is 25.7 Å². The molecule has 2 atom stereocenters. The van der Waals surface area contributed by atoms with E-state index in [4.69, 9.17) is 5.73 Å². The molecule has 0 aromatic rings. The molecule has 0 aliphatic carbocycles. The molecule has 0 radical (unpaired) electrons. The fraction of sp³-hybridized carbons (Fsp3) is 1.00. The molecule has 0 bridgehead atoms. The fourth-order valence-corrected chi connectivity index (χ4v) is 1.32. The van der Waals surface area contributed by atoms with Crippen LogP contribution in [0.5, 0.6) is 0 Å². The smallest absolute Gasteiger partial charge is 0.0434 e. The molecule has 0 aromatic heterocycles. The number of nitrogens with zero attached hydrogens (tertiary/aromatic N) is 1. The summed E-state index contributed by atoms with van der Waals surface area (Å²) in [5.41, 5.74) is 5.90. The standard InChI is InChI=1S/C7H16N2/c1-6(2)9-5-7(9,3)4-8/h6H,4-5,8H2,1-3H3. The summed E-state index contributed by atoms with van der Waals surface area (Å²) in [5.74, 6) is 0. The topological polar surface area (TPSA) is 29.0 Å². The van der Waals surface area contributed by atoms with E-state index in [9.17, 15) is 0 Å². The molecule has 1 heterocycles. The average molecular weight is 128 g/mol. The van der Waals surface area contributed by atoms with Crippen molar-refractivity contribution in [1.82, 2.24) is 4.90 Å². The van der Waals surface area contributed by atoms with Crippen molar-refractivity contribution in [2.45, 2.75) is 32.4 Å². The number of rotatable bonds is 2. The fourth-order valence-electron chi connectivity index (χ4n) is 1.32. The first-order valence-electron chi connectivity index (χ1n) is 3.57. The molecule has 0 saturated carbocycles. The third-order valence-electron chi connectivity index (χ3n) is 2.16. The Labute approximate surface area is 57.0 Å². The Morgan fingerprint density at radius 1 is 1.67 bits per heavy atom. The molecule has 0 spiro atoms. The van der Waals surface area contributed by atoms with Gasteiger partial charge in [0, 0.05) is 24.7 Å². The van der Waals surface area contributed by atoms with Crippen molar-refractivity contribution >= 4 is 0 Å². The SMILES string of the molecule is CC(C)N1CC1(C)CN. The molecular formula is C7H16N2. The van der Waals surface area contributed by atoms with E-state index in [1.807, 2.05) is 0 Å². The van der Waals surface area contributed by atoms with Crippen LogP contribution in [-0.2, 0) is 0 Å². The van der Waals surface area contributed by atoms with Gasteiger partial charge in [-0.1, -0.05) is 0 Å². The van der Waals surface area contributed by atoms with Gasteiger partial charge in [-0.2, -0.15) is 0 Å². The molecule has 1 fully saturated rings. The molecule has 2 nitrogen and oxygen atoms in total. The maximum absolute atomic E-state index is 5.55. The summed E-state index contributed by atoms with van der Waals surface area (Å²) < 4.78 is 0. The Morgan fingerprint density at radius 3 is 2.33 bits per heavy atom. The van der Waals surface area contributed by atoms with Crippen molar-refractivity contribution in [3.63, 3.8) is 0 Å². The van der Waals surface area contributed by atoms with Crippen molar-refractivity contribution in [3.8, 4) is 0 Å². The van der Waals surface area contributed by atoms with Gasteiger partial charge in [0.15, 0.2) is 0 Å². The van der Waals surface area contributed by atoms with Gasteiger partial charge in [-0.15, -0.1) is 0 Å². The summed E-state index contributed by atoms with van der Waals surface area (Å²) in [6.07, 6.45) is 0. The van der Waals surface area contributed by atoms with Gasteiger partial charge in [-0.3, -0.25) is 4.90 Å². The lowest BCUT2D eigenvalue weighted by atomic mass is 10.2. The van der Waals surface area contributed by atoms with Gasteiger partial charge < -0.3 is 5.73 Å². The highest BCUT2D eigenvalue weighted by Gasteiger charge is 2.47. The maximum Gasteiger partial charge on any atom is 0.0434 e. The second kappa shape index (κ2) is 1.96. The molecule has 54 valence electrons. The summed E-state index contributed by atoms with van der Waals surface area (Å²) in [6.45, 7) is 8.61. The molecule has 0 aromatic carbocycles. The molecule has 2 N–H and O–H groups in total. The zero-order chi connectivity index (χ0) is 7.07. The predicted molar refractivity (Wildman–Crippen MR) is 39.3 cm³/mol. The Hall–Kier alpha value is -0.0800. The number of hydrogen-bond donors (Lipinski definition) is 1. The van der Waals surface area contributed by atoms with Crippen LogP contribution in [0.1, 0.15) is 20.8 Å². The van der Waals surface area contributed by atoms with Crippen LogP contribution >= 0.6 is 0 Å². The largest absolute Gasteiger partial charge is 0.329 e. The second-order valence-electron chi connectivity index (χ2n) is 3.42. The molecule has 9 heavy (non-hydrogen) atoms. The van der Waals surface area contributed by atoms with E-state index in [1.165, 1.54) is 6.54 Å². The van der Waals surface area contributed by atoms with Gasteiger partial charge in [-0.25, -0.2) is 0 Å². The Kier molecular flexibility index (Phi) is 1.53. The quantitative estimate of drug-likeness (QED) is 0.546. The summed E-state index contributed by atoms with van der Waals surface area (Å²) in [7, 11) is 0. The average Bonchev–Trinajstić information content (AvgIpc) is 2.44. The van der Waals surface area contributed by atoms with Gasteiger partial charge in [0.2, 0.25) is 0 Å². The van der Waals surface area contributed by atoms with Crippen LogP contribution < -0.4 is 5.73 Å². The first-order chi connectivity index (χ1) is 4.10. The third kappa shape index (κ3) is 1.10. The highest BCUT2D eigenvalue weighted by Crippen LogP contribution is 2.32. The van der Waals surface area contributed by atoms with Crippen molar-refractivity contribution in [3.05, 3.63) is 0 Å². The van der Waals surface area contributed by atoms with Gasteiger partial charge >= 0.3 is 0 Å². The van der Waals surface area contributed by atoms with E-state index in [0.29, 0.717) is 11.6 Å². The van der Waals surface area contributed by atoms with Crippen LogP contribution in [0.25, 0.3) is 0 Å². The first kappa shape index (κ1) is 7.03. The van der Waals surface area contributed by atoms with Crippen LogP contribution in [-0.4, -0.2) is 29.6 Å². The molecule has 1 aliphatic rings. The highest BCUT2D eigenvalue weighted by molar-refractivity contribution is 5.05. The van der Waals surface area contributed by atoms with Crippen LogP contribution in [0.2, 0.25) is 0 Å². The number of nitrogens with two attached hydrogens (primary N) is 1. The molecule has 0 amide bonds. The minimum atomic E-state index is 0.341. The lowest BCUT2D eigenvalue weighted by Gasteiger charge is -2.12. The minimum absolute atomic E-state index is 0.341. The lowest BCUT2D eigenvalue weighted by Crippen LogP contribution is -2.28. The van der Waals surface area contributed by atoms with Gasteiger partial charge in [-0.05, 0) is 20.8 Å². The van der Waals surface area contributed by atoms with E-state index >= 15 is 0 Å². The summed E-state index contributed by atoms with van der Waals surface area (Å²) >= 11 is 0. The predicted octanol–water partition coefficient (Wildman–Crippen LogP) is 0.428. The van der Waals surface area contributed by atoms with Gasteiger partial charge in [0.05, 0.1) is 0 Å². The molecule has 2 unspecified atom stereocenters.